The number of carbonyl (C=O) groups is 1. The van der Waals surface area contributed by atoms with Crippen molar-refractivity contribution in [1.29, 1.82) is 0 Å². The zero-order valence-corrected chi connectivity index (χ0v) is 12.9. The summed E-state index contributed by atoms with van der Waals surface area (Å²) < 4.78 is 0. The molecule has 21 heavy (non-hydrogen) atoms. The van der Waals surface area contributed by atoms with Crippen LogP contribution in [-0.4, -0.2) is 24.5 Å². The molecular weight excluding hydrogens is 260 g/mol. The van der Waals surface area contributed by atoms with E-state index in [0.29, 0.717) is 12.1 Å². The van der Waals surface area contributed by atoms with E-state index in [-0.39, 0.29) is 11.3 Å². The second-order valence-corrected chi connectivity index (χ2v) is 6.76. The lowest BCUT2D eigenvalue weighted by Crippen LogP contribution is -2.57. The van der Waals surface area contributed by atoms with Gasteiger partial charge >= 0.3 is 0 Å². The third kappa shape index (κ3) is 3.13. The molecule has 0 aromatic heterocycles. The molecule has 1 heterocycles. The molecule has 0 spiro atoms. The molecule has 3 nitrogen and oxygen atoms in total. The first kappa shape index (κ1) is 14.6. The minimum absolute atomic E-state index is 0.154. The van der Waals surface area contributed by atoms with Gasteiger partial charge in [0.2, 0.25) is 5.91 Å². The van der Waals surface area contributed by atoms with Crippen LogP contribution in [0.1, 0.15) is 44.6 Å². The first-order valence-corrected chi connectivity index (χ1v) is 8.28. The number of nitrogens with one attached hydrogen (secondary N) is 2. The lowest BCUT2D eigenvalue weighted by molar-refractivity contribution is -0.137. The molecule has 2 atom stereocenters. The highest BCUT2D eigenvalue weighted by Gasteiger charge is 2.44. The summed E-state index contributed by atoms with van der Waals surface area (Å²) in [6, 6.07) is 11.1. The summed E-state index contributed by atoms with van der Waals surface area (Å²) in [4.78, 5) is 12.8. The van der Waals surface area contributed by atoms with Crippen molar-refractivity contribution in [2.24, 2.45) is 5.41 Å². The highest BCUT2D eigenvalue weighted by Crippen LogP contribution is 2.44. The summed E-state index contributed by atoms with van der Waals surface area (Å²) in [6.45, 7) is 3.25. The van der Waals surface area contributed by atoms with Gasteiger partial charge in [0.1, 0.15) is 0 Å². The fourth-order valence-corrected chi connectivity index (χ4v) is 3.64. The van der Waals surface area contributed by atoms with E-state index in [2.05, 4.69) is 41.8 Å². The zero-order valence-electron chi connectivity index (χ0n) is 12.9. The third-order valence-corrected chi connectivity index (χ3v) is 5.26. The molecule has 114 valence electrons. The maximum Gasteiger partial charge on any atom is 0.226 e. The Morgan fingerprint density at radius 2 is 2.05 bits per heavy atom. The standard InChI is InChI=1S/C18H26N2O/c1-14-16(9-5-12-19-14)20-17(21)18(10-6-11-18)13-15-7-3-2-4-8-15/h2-4,7-8,14,16,19H,5-6,9-13H2,1H3,(H,20,21). The molecule has 1 amide bonds. The summed E-state index contributed by atoms with van der Waals surface area (Å²) in [5, 5.41) is 6.79. The molecule has 2 fully saturated rings. The van der Waals surface area contributed by atoms with Crippen molar-refractivity contribution in [3.05, 3.63) is 35.9 Å². The molecule has 2 aliphatic rings. The van der Waals surface area contributed by atoms with Crippen molar-refractivity contribution in [3.8, 4) is 0 Å². The maximum absolute atomic E-state index is 12.8. The Kier molecular flexibility index (Phi) is 4.29. The minimum Gasteiger partial charge on any atom is -0.351 e. The fraction of sp³-hybridized carbons (Fsp3) is 0.611. The van der Waals surface area contributed by atoms with Gasteiger partial charge in [0.05, 0.1) is 5.41 Å². The first-order valence-electron chi connectivity index (χ1n) is 8.28. The minimum atomic E-state index is -0.154. The normalized spacial score (nSPS) is 27.7. The summed E-state index contributed by atoms with van der Waals surface area (Å²) in [6.07, 6.45) is 6.37. The molecule has 1 aromatic carbocycles. The van der Waals surface area contributed by atoms with Crippen LogP contribution >= 0.6 is 0 Å². The number of benzene rings is 1. The van der Waals surface area contributed by atoms with Crippen LogP contribution in [0.4, 0.5) is 0 Å². The summed E-state index contributed by atoms with van der Waals surface area (Å²) in [5.41, 5.74) is 1.13. The van der Waals surface area contributed by atoms with Crippen LogP contribution < -0.4 is 10.6 Å². The topological polar surface area (TPSA) is 41.1 Å². The Labute approximate surface area is 127 Å². The van der Waals surface area contributed by atoms with E-state index in [1.54, 1.807) is 0 Å². The molecule has 0 radical (unpaired) electrons. The Bertz CT molecular complexity index is 481. The monoisotopic (exact) mass is 286 g/mol. The van der Waals surface area contributed by atoms with Gasteiger partial charge < -0.3 is 10.6 Å². The van der Waals surface area contributed by atoms with Crippen LogP contribution in [0.25, 0.3) is 0 Å². The number of carbonyl (C=O) groups excluding carboxylic acids is 1. The highest BCUT2D eigenvalue weighted by molar-refractivity contribution is 5.84. The van der Waals surface area contributed by atoms with Crippen molar-refractivity contribution in [2.75, 3.05) is 6.54 Å². The quantitative estimate of drug-likeness (QED) is 0.893. The molecule has 1 aliphatic heterocycles. The van der Waals surface area contributed by atoms with E-state index in [1.807, 2.05) is 6.07 Å². The van der Waals surface area contributed by atoms with Gasteiger partial charge in [0.15, 0.2) is 0 Å². The largest absolute Gasteiger partial charge is 0.351 e. The van der Waals surface area contributed by atoms with Gasteiger partial charge in [-0.25, -0.2) is 0 Å². The van der Waals surface area contributed by atoms with Crippen LogP contribution in [0.2, 0.25) is 0 Å². The van der Waals surface area contributed by atoms with Gasteiger partial charge in [0.25, 0.3) is 0 Å². The van der Waals surface area contributed by atoms with Gasteiger partial charge in [-0.2, -0.15) is 0 Å². The second-order valence-electron chi connectivity index (χ2n) is 6.76. The average molecular weight is 286 g/mol. The molecule has 2 N–H and O–H groups in total. The van der Waals surface area contributed by atoms with Crippen LogP contribution in [0.15, 0.2) is 30.3 Å². The SMILES string of the molecule is CC1NCCCC1NC(=O)C1(Cc2ccccc2)CCC1. The predicted molar refractivity (Wildman–Crippen MR) is 85.1 cm³/mol. The molecule has 1 saturated heterocycles. The van der Waals surface area contributed by atoms with Crippen LogP contribution in [0.3, 0.4) is 0 Å². The summed E-state index contributed by atoms with van der Waals surface area (Å²) in [5.74, 6) is 0.276. The Hall–Kier alpha value is -1.35. The third-order valence-electron chi connectivity index (χ3n) is 5.26. The molecule has 1 saturated carbocycles. The first-order chi connectivity index (χ1) is 10.2. The van der Waals surface area contributed by atoms with Crippen molar-refractivity contribution < 1.29 is 4.79 Å². The van der Waals surface area contributed by atoms with Crippen molar-refractivity contribution in [2.45, 2.75) is 57.5 Å². The van der Waals surface area contributed by atoms with E-state index in [9.17, 15) is 4.79 Å². The van der Waals surface area contributed by atoms with Crippen LogP contribution in [0, 0.1) is 5.41 Å². The van der Waals surface area contributed by atoms with E-state index in [4.69, 9.17) is 0 Å². The van der Waals surface area contributed by atoms with Gasteiger partial charge in [-0.05, 0) is 51.1 Å². The fourth-order valence-electron chi connectivity index (χ4n) is 3.64. The summed E-state index contributed by atoms with van der Waals surface area (Å²) in [7, 11) is 0. The van der Waals surface area contributed by atoms with Crippen molar-refractivity contribution in [1.82, 2.24) is 10.6 Å². The Balaban J connectivity index is 1.66. The molecular formula is C18H26N2O. The van der Waals surface area contributed by atoms with Gasteiger partial charge in [-0.15, -0.1) is 0 Å². The van der Waals surface area contributed by atoms with E-state index in [1.165, 1.54) is 12.0 Å². The van der Waals surface area contributed by atoms with Gasteiger partial charge in [0, 0.05) is 12.1 Å². The number of piperidine rings is 1. The maximum atomic E-state index is 12.8. The van der Waals surface area contributed by atoms with Gasteiger partial charge in [-0.1, -0.05) is 36.8 Å². The Morgan fingerprint density at radius 1 is 1.29 bits per heavy atom. The molecule has 3 rings (SSSR count). The number of rotatable bonds is 4. The zero-order chi connectivity index (χ0) is 14.7. The lowest BCUT2D eigenvalue weighted by Gasteiger charge is -2.42. The smallest absolute Gasteiger partial charge is 0.226 e. The second kappa shape index (κ2) is 6.18. The molecule has 1 aromatic rings. The number of hydrogen-bond acceptors (Lipinski definition) is 2. The van der Waals surface area contributed by atoms with E-state index in [0.717, 1.165) is 38.6 Å². The van der Waals surface area contributed by atoms with Gasteiger partial charge in [-0.3, -0.25) is 4.79 Å². The van der Waals surface area contributed by atoms with Crippen LogP contribution in [0.5, 0.6) is 0 Å². The average Bonchev–Trinajstić information content (AvgIpc) is 2.46. The lowest BCUT2D eigenvalue weighted by atomic mass is 9.64. The number of amides is 1. The Morgan fingerprint density at radius 3 is 2.67 bits per heavy atom. The highest BCUT2D eigenvalue weighted by atomic mass is 16.2. The van der Waals surface area contributed by atoms with Crippen LogP contribution in [-0.2, 0) is 11.2 Å². The van der Waals surface area contributed by atoms with Crippen molar-refractivity contribution in [3.63, 3.8) is 0 Å². The summed E-state index contributed by atoms with van der Waals surface area (Å²) >= 11 is 0. The molecule has 3 heteroatoms. The molecule has 1 aliphatic carbocycles. The molecule has 2 unspecified atom stereocenters. The number of hydrogen-bond donors (Lipinski definition) is 2. The van der Waals surface area contributed by atoms with E-state index < -0.39 is 0 Å². The predicted octanol–water partition coefficient (Wildman–Crippen LogP) is 2.66. The van der Waals surface area contributed by atoms with E-state index >= 15 is 0 Å². The van der Waals surface area contributed by atoms with Crippen molar-refractivity contribution >= 4 is 5.91 Å². The molecule has 0 bridgehead atoms.